The Balaban J connectivity index is 4.62. The lowest BCUT2D eigenvalue weighted by molar-refractivity contribution is -0.173. The molecule has 0 aromatic rings. The van der Waals surface area contributed by atoms with Gasteiger partial charge in [-0.15, -0.1) is 0 Å². The summed E-state index contributed by atoms with van der Waals surface area (Å²) >= 11 is 0. The second-order valence-corrected chi connectivity index (χ2v) is 6.71. The molecular weight excluding hydrogens is 336 g/mol. The van der Waals surface area contributed by atoms with Crippen molar-refractivity contribution in [3.8, 4) is 0 Å². The van der Waals surface area contributed by atoms with E-state index in [1.807, 2.05) is 41.5 Å². The van der Waals surface area contributed by atoms with Crippen LogP contribution >= 0.6 is 0 Å². The number of carbonyl (C=O) groups is 4. The van der Waals surface area contributed by atoms with Crippen molar-refractivity contribution in [3.05, 3.63) is 0 Å². The lowest BCUT2D eigenvalue weighted by atomic mass is 9.80. The molecule has 0 saturated heterocycles. The topological polar surface area (TPSA) is 86.7 Å². The third kappa shape index (κ3) is 5.92. The first kappa shape index (κ1) is 24.3. The fourth-order valence-corrected chi connectivity index (χ4v) is 3.10. The molecule has 150 valence electrons. The molecule has 0 amide bonds. The molecule has 0 aliphatic carbocycles. The minimum Gasteiger partial charge on any atom is -0.393 e. The minimum atomic E-state index is -0.771. The summed E-state index contributed by atoms with van der Waals surface area (Å²) in [5.41, 5.74) is -1.34. The van der Waals surface area contributed by atoms with Crippen LogP contribution in [0.1, 0.15) is 92.9 Å². The summed E-state index contributed by atoms with van der Waals surface area (Å²) in [6.07, 6.45) is 2.90. The van der Waals surface area contributed by atoms with E-state index in [-0.39, 0.29) is 12.8 Å². The van der Waals surface area contributed by atoms with Crippen LogP contribution in [0.25, 0.3) is 0 Å². The third-order valence-corrected chi connectivity index (χ3v) is 5.87. The van der Waals surface area contributed by atoms with Gasteiger partial charge < -0.3 is 9.47 Å². The zero-order valence-electron chi connectivity index (χ0n) is 17.1. The highest BCUT2D eigenvalue weighted by Crippen LogP contribution is 2.33. The van der Waals surface area contributed by atoms with Crippen LogP contribution in [0.3, 0.4) is 0 Å². The summed E-state index contributed by atoms with van der Waals surface area (Å²) in [5.74, 6) is -2.65. The summed E-state index contributed by atoms with van der Waals surface area (Å²) < 4.78 is 9.81. The molecule has 0 unspecified atom stereocenters. The van der Waals surface area contributed by atoms with E-state index < -0.39 is 34.7 Å². The smallest absolute Gasteiger partial charge is 0.319 e. The maximum absolute atomic E-state index is 12.2. The molecule has 6 nitrogen and oxygen atoms in total. The summed E-state index contributed by atoms with van der Waals surface area (Å²) in [6, 6.07) is 0. The monoisotopic (exact) mass is 370 g/mol. The number of ether oxygens (including phenoxy) is 2. The minimum absolute atomic E-state index is 0.289. The van der Waals surface area contributed by atoms with Gasteiger partial charge in [-0.05, 0) is 38.5 Å². The summed E-state index contributed by atoms with van der Waals surface area (Å²) in [6.45, 7) is 11.3. The Morgan fingerprint density at radius 1 is 0.538 bits per heavy atom. The number of carbonyl (C=O) groups excluding carboxylic acids is 4. The number of rotatable bonds is 11. The van der Waals surface area contributed by atoms with Gasteiger partial charge in [0, 0.05) is 0 Å². The van der Waals surface area contributed by atoms with E-state index in [9.17, 15) is 19.2 Å². The van der Waals surface area contributed by atoms with Gasteiger partial charge in [-0.25, -0.2) is 0 Å². The highest BCUT2D eigenvalue weighted by Gasteiger charge is 2.37. The Hall–Kier alpha value is -1.72. The molecule has 0 radical (unpaired) electrons. The Labute approximate surface area is 157 Å². The van der Waals surface area contributed by atoms with E-state index in [1.54, 1.807) is 0 Å². The molecule has 26 heavy (non-hydrogen) atoms. The van der Waals surface area contributed by atoms with Crippen molar-refractivity contribution in [2.75, 3.05) is 0 Å². The molecule has 0 N–H and O–H groups in total. The van der Waals surface area contributed by atoms with Crippen LogP contribution in [0.4, 0.5) is 0 Å². The highest BCUT2D eigenvalue weighted by atomic mass is 16.6. The highest BCUT2D eigenvalue weighted by molar-refractivity contribution is 5.92. The average Bonchev–Trinajstić information content (AvgIpc) is 2.64. The molecule has 0 rings (SSSR count). The molecule has 0 aliphatic heterocycles. The molecule has 0 heterocycles. The fraction of sp³-hybridized carbons (Fsp3) is 0.800. The molecule has 0 fully saturated rings. The van der Waals surface area contributed by atoms with Crippen LogP contribution in [0.15, 0.2) is 0 Å². The van der Waals surface area contributed by atoms with E-state index >= 15 is 0 Å². The quantitative estimate of drug-likeness (QED) is 0.397. The van der Waals surface area contributed by atoms with Gasteiger partial charge >= 0.3 is 23.9 Å². The average molecular weight is 370 g/mol. The number of hydrogen-bond donors (Lipinski definition) is 0. The Morgan fingerprint density at radius 2 is 0.769 bits per heavy atom. The normalized spacial score (nSPS) is 11.8. The Bertz CT molecular complexity index is 438. The lowest BCUT2D eigenvalue weighted by Gasteiger charge is -2.27. The maximum Gasteiger partial charge on any atom is 0.319 e. The van der Waals surface area contributed by atoms with Gasteiger partial charge in [0.2, 0.25) is 0 Å². The van der Waals surface area contributed by atoms with Gasteiger partial charge in [-0.2, -0.15) is 0 Å². The van der Waals surface area contributed by atoms with Gasteiger partial charge in [0.05, 0.1) is 23.7 Å². The van der Waals surface area contributed by atoms with Crippen LogP contribution in [-0.2, 0) is 28.7 Å². The van der Waals surface area contributed by atoms with E-state index in [4.69, 9.17) is 9.47 Å². The standard InChI is InChI=1S/C20H34O6/c1-7-19(8-2,9-3)17(23)25-15(21)13-14-16(22)26-18(24)20(10-4,11-5)12-6/h7-14H2,1-6H3. The number of hydrogen-bond acceptors (Lipinski definition) is 6. The van der Waals surface area contributed by atoms with Crippen molar-refractivity contribution in [1.82, 2.24) is 0 Å². The lowest BCUT2D eigenvalue weighted by Crippen LogP contribution is -2.34. The number of esters is 4. The molecule has 0 atom stereocenters. The van der Waals surface area contributed by atoms with E-state index in [0.29, 0.717) is 38.5 Å². The van der Waals surface area contributed by atoms with Crippen LogP contribution in [0.2, 0.25) is 0 Å². The van der Waals surface area contributed by atoms with Gasteiger partial charge in [-0.1, -0.05) is 41.5 Å². The van der Waals surface area contributed by atoms with Crippen LogP contribution in [-0.4, -0.2) is 23.9 Å². The Kier molecular flexibility index (Phi) is 10.4. The molecular formula is C20H34O6. The molecule has 0 bridgehead atoms. The van der Waals surface area contributed by atoms with E-state index in [2.05, 4.69) is 0 Å². The SMILES string of the molecule is CCC(CC)(CC)C(=O)OC(=O)CCC(=O)OC(=O)C(CC)(CC)CC. The third-order valence-electron chi connectivity index (χ3n) is 5.87. The van der Waals surface area contributed by atoms with Gasteiger partial charge in [0.15, 0.2) is 0 Å². The van der Waals surface area contributed by atoms with Crippen molar-refractivity contribution in [1.29, 1.82) is 0 Å². The Morgan fingerprint density at radius 3 is 0.962 bits per heavy atom. The summed E-state index contributed by atoms with van der Waals surface area (Å²) in [4.78, 5) is 48.2. The zero-order valence-corrected chi connectivity index (χ0v) is 17.1. The fourth-order valence-electron chi connectivity index (χ4n) is 3.10. The second-order valence-electron chi connectivity index (χ2n) is 6.71. The van der Waals surface area contributed by atoms with E-state index in [0.717, 1.165) is 0 Å². The van der Waals surface area contributed by atoms with Crippen molar-refractivity contribution >= 4 is 23.9 Å². The van der Waals surface area contributed by atoms with Crippen LogP contribution < -0.4 is 0 Å². The van der Waals surface area contributed by atoms with Crippen molar-refractivity contribution in [2.45, 2.75) is 92.9 Å². The van der Waals surface area contributed by atoms with Crippen molar-refractivity contribution in [3.63, 3.8) is 0 Å². The van der Waals surface area contributed by atoms with Gasteiger partial charge in [0.1, 0.15) is 0 Å². The molecule has 0 aliphatic rings. The van der Waals surface area contributed by atoms with Gasteiger partial charge in [0.25, 0.3) is 0 Å². The van der Waals surface area contributed by atoms with Crippen LogP contribution in [0, 0.1) is 10.8 Å². The largest absolute Gasteiger partial charge is 0.393 e. The predicted octanol–water partition coefficient (Wildman–Crippen LogP) is 4.34. The molecule has 0 spiro atoms. The first-order valence-electron chi connectivity index (χ1n) is 9.70. The second kappa shape index (κ2) is 11.1. The first-order valence-corrected chi connectivity index (χ1v) is 9.70. The predicted molar refractivity (Wildman–Crippen MR) is 98.0 cm³/mol. The van der Waals surface area contributed by atoms with Crippen LogP contribution in [0.5, 0.6) is 0 Å². The first-order chi connectivity index (χ1) is 12.2. The van der Waals surface area contributed by atoms with E-state index in [1.165, 1.54) is 0 Å². The summed E-state index contributed by atoms with van der Waals surface area (Å²) in [5, 5.41) is 0. The molecule has 6 heteroatoms. The zero-order chi connectivity index (χ0) is 20.4. The molecule has 0 aromatic heterocycles. The van der Waals surface area contributed by atoms with Gasteiger partial charge in [-0.3, -0.25) is 19.2 Å². The molecule has 0 saturated carbocycles. The van der Waals surface area contributed by atoms with Crippen molar-refractivity contribution in [2.24, 2.45) is 10.8 Å². The maximum atomic E-state index is 12.2. The molecule has 0 aromatic carbocycles. The van der Waals surface area contributed by atoms with Crippen molar-refractivity contribution < 1.29 is 28.7 Å². The summed E-state index contributed by atoms with van der Waals surface area (Å²) in [7, 11) is 0.